The van der Waals surface area contributed by atoms with Crippen LogP contribution in [0.3, 0.4) is 0 Å². The van der Waals surface area contributed by atoms with Crippen molar-refractivity contribution in [2.75, 3.05) is 19.6 Å². The Hall–Kier alpha value is -2.52. The van der Waals surface area contributed by atoms with Gasteiger partial charge in [0.2, 0.25) is 0 Å². The average Bonchev–Trinajstić information content (AvgIpc) is 2.71. The fourth-order valence-corrected chi connectivity index (χ4v) is 3.13. The number of hydrogen-bond acceptors (Lipinski definition) is 5. The van der Waals surface area contributed by atoms with Crippen LogP contribution in [-0.2, 0) is 16.1 Å². The minimum absolute atomic E-state index is 0.299. The van der Waals surface area contributed by atoms with Crippen molar-refractivity contribution in [3.63, 3.8) is 0 Å². The molecule has 7 nitrogen and oxygen atoms in total. The van der Waals surface area contributed by atoms with Crippen LogP contribution in [0.5, 0.6) is 5.75 Å². The Kier molecular flexibility index (Phi) is 12.3. The molecule has 0 bridgehead atoms. The molecular formula is C21H30F2N2O5. The number of nitrogens with one attached hydrogen (secondary N) is 1. The van der Waals surface area contributed by atoms with Crippen LogP contribution < -0.4 is 10.1 Å². The molecule has 1 aromatic rings. The number of piperidine rings is 1. The third-order valence-corrected chi connectivity index (χ3v) is 4.55. The first-order valence-corrected chi connectivity index (χ1v) is 9.94. The van der Waals surface area contributed by atoms with E-state index in [0.29, 0.717) is 30.5 Å². The smallest absolute Gasteiger partial charge is 0.387 e. The molecule has 30 heavy (non-hydrogen) atoms. The maximum Gasteiger partial charge on any atom is 0.387 e. The molecule has 1 saturated heterocycles. The standard InChI is InChI=1S/C17H26F2N2O.C4H4O4/c1-2-3-12-21(15-8-10-20-11-9-15)13-14-6-4-5-7-16(14)22-17(18)19;5-3(6)1-2-4(7)8/h4-7,15,17,20H,2-3,8-13H2,1H3;1-2H,(H,5,6)(H,7,8). The molecule has 0 unspecified atom stereocenters. The molecule has 2 rings (SSSR count). The number of alkyl halides is 2. The number of benzene rings is 1. The van der Waals surface area contributed by atoms with Gasteiger partial charge in [-0.1, -0.05) is 31.5 Å². The second kappa shape index (κ2) is 14.5. The van der Waals surface area contributed by atoms with Crippen LogP contribution in [0, 0.1) is 0 Å². The Bertz CT molecular complexity index is 663. The summed E-state index contributed by atoms with van der Waals surface area (Å²) in [7, 11) is 0. The highest BCUT2D eigenvalue weighted by molar-refractivity contribution is 5.89. The molecule has 1 heterocycles. The number of hydrogen-bond donors (Lipinski definition) is 3. The first-order chi connectivity index (χ1) is 14.3. The van der Waals surface area contributed by atoms with Gasteiger partial charge < -0.3 is 20.3 Å². The van der Waals surface area contributed by atoms with Gasteiger partial charge in [-0.15, -0.1) is 0 Å². The summed E-state index contributed by atoms with van der Waals surface area (Å²) in [6.45, 7) is 3.14. The van der Waals surface area contributed by atoms with E-state index in [1.54, 1.807) is 12.1 Å². The van der Waals surface area contributed by atoms with Gasteiger partial charge in [0, 0.05) is 30.3 Å². The van der Waals surface area contributed by atoms with Crippen molar-refractivity contribution in [2.45, 2.75) is 51.8 Å². The molecular weight excluding hydrogens is 398 g/mol. The molecule has 0 spiro atoms. The third kappa shape index (κ3) is 10.9. The SMILES string of the molecule is CCCCN(Cc1ccccc1OC(F)F)C1CCNCC1.O=C(O)C=CC(=O)O. The number of carbonyl (C=O) groups is 2. The van der Waals surface area contributed by atoms with E-state index in [9.17, 15) is 18.4 Å². The van der Waals surface area contributed by atoms with Gasteiger partial charge in [0.15, 0.2) is 0 Å². The van der Waals surface area contributed by atoms with E-state index >= 15 is 0 Å². The number of ether oxygens (including phenoxy) is 1. The van der Waals surface area contributed by atoms with E-state index in [4.69, 9.17) is 10.2 Å². The van der Waals surface area contributed by atoms with E-state index in [0.717, 1.165) is 50.9 Å². The maximum absolute atomic E-state index is 12.6. The highest BCUT2D eigenvalue weighted by Gasteiger charge is 2.22. The molecule has 0 atom stereocenters. The third-order valence-electron chi connectivity index (χ3n) is 4.55. The lowest BCUT2D eigenvalue weighted by atomic mass is 10.0. The number of rotatable bonds is 10. The number of carboxylic acids is 2. The summed E-state index contributed by atoms with van der Waals surface area (Å²) < 4.78 is 29.8. The second-order valence-electron chi connectivity index (χ2n) is 6.80. The second-order valence-corrected chi connectivity index (χ2v) is 6.80. The molecule has 0 amide bonds. The van der Waals surface area contributed by atoms with Crippen LogP contribution >= 0.6 is 0 Å². The highest BCUT2D eigenvalue weighted by atomic mass is 19.3. The lowest BCUT2D eigenvalue weighted by Crippen LogP contribution is -2.43. The van der Waals surface area contributed by atoms with Gasteiger partial charge in [-0.2, -0.15) is 8.78 Å². The van der Waals surface area contributed by atoms with Gasteiger partial charge in [-0.3, -0.25) is 4.90 Å². The van der Waals surface area contributed by atoms with Gasteiger partial charge in [0.05, 0.1) is 0 Å². The molecule has 1 aliphatic heterocycles. The number of nitrogens with zero attached hydrogens (tertiary/aromatic N) is 1. The minimum Gasteiger partial charge on any atom is -0.478 e. The molecule has 168 valence electrons. The summed E-state index contributed by atoms with van der Waals surface area (Å²) in [4.78, 5) is 21.5. The van der Waals surface area contributed by atoms with Gasteiger partial charge in [-0.05, 0) is 45.0 Å². The summed E-state index contributed by atoms with van der Waals surface area (Å²) >= 11 is 0. The molecule has 1 aromatic carbocycles. The minimum atomic E-state index is -2.77. The van der Waals surface area contributed by atoms with E-state index in [1.807, 2.05) is 12.1 Å². The number of halogens is 2. The van der Waals surface area contributed by atoms with Crippen LogP contribution in [-0.4, -0.2) is 59.3 Å². The number of para-hydroxylation sites is 1. The molecule has 0 saturated carbocycles. The van der Waals surface area contributed by atoms with Gasteiger partial charge in [-0.25, -0.2) is 9.59 Å². The van der Waals surface area contributed by atoms with Gasteiger partial charge >= 0.3 is 18.6 Å². The summed E-state index contributed by atoms with van der Waals surface area (Å²) in [6, 6.07) is 7.66. The van der Waals surface area contributed by atoms with Crippen LogP contribution in [0.1, 0.15) is 38.2 Å². The predicted molar refractivity (Wildman–Crippen MR) is 109 cm³/mol. The van der Waals surface area contributed by atoms with Crippen molar-refractivity contribution in [3.8, 4) is 5.75 Å². The van der Waals surface area contributed by atoms with Crippen molar-refractivity contribution >= 4 is 11.9 Å². The van der Waals surface area contributed by atoms with E-state index in [1.165, 1.54) is 0 Å². The molecule has 1 fully saturated rings. The molecule has 3 N–H and O–H groups in total. The normalized spacial score (nSPS) is 14.6. The average molecular weight is 428 g/mol. The summed E-state index contributed by atoms with van der Waals surface area (Å²) in [5, 5.41) is 19.0. The van der Waals surface area contributed by atoms with E-state index in [-0.39, 0.29) is 0 Å². The van der Waals surface area contributed by atoms with Crippen molar-refractivity contribution in [2.24, 2.45) is 0 Å². The predicted octanol–water partition coefficient (Wildman–Crippen LogP) is 3.35. The Morgan fingerprint density at radius 1 is 1.20 bits per heavy atom. The summed E-state index contributed by atoms with van der Waals surface area (Å²) in [5.74, 6) is -2.22. The topological polar surface area (TPSA) is 99.1 Å². The van der Waals surface area contributed by atoms with E-state index in [2.05, 4.69) is 21.9 Å². The van der Waals surface area contributed by atoms with Crippen molar-refractivity contribution in [1.29, 1.82) is 0 Å². The Morgan fingerprint density at radius 2 is 1.80 bits per heavy atom. The Labute approximate surface area is 175 Å². The Morgan fingerprint density at radius 3 is 2.33 bits per heavy atom. The molecule has 1 aliphatic rings. The largest absolute Gasteiger partial charge is 0.478 e. The van der Waals surface area contributed by atoms with Crippen LogP contribution in [0.15, 0.2) is 36.4 Å². The van der Waals surface area contributed by atoms with Gasteiger partial charge in [0.25, 0.3) is 0 Å². The lowest BCUT2D eigenvalue weighted by molar-refractivity contribution is -0.134. The lowest BCUT2D eigenvalue weighted by Gasteiger charge is -2.35. The Balaban J connectivity index is 0.000000479. The van der Waals surface area contributed by atoms with Crippen LogP contribution in [0.2, 0.25) is 0 Å². The zero-order valence-corrected chi connectivity index (χ0v) is 17.1. The summed E-state index contributed by atoms with van der Waals surface area (Å²) in [5.41, 5.74) is 0.845. The monoisotopic (exact) mass is 428 g/mol. The zero-order chi connectivity index (χ0) is 22.4. The van der Waals surface area contributed by atoms with Crippen LogP contribution in [0.25, 0.3) is 0 Å². The zero-order valence-electron chi connectivity index (χ0n) is 17.1. The van der Waals surface area contributed by atoms with Crippen molar-refractivity contribution < 1.29 is 33.3 Å². The number of aliphatic carboxylic acids is 2. The van der Waals surface area contributed by atoms with Crippen molar-refractivity contribution in [3.05, 3.63) is 42.0 Å². The first kappa shape index (κ1) is 25.5. The fourth-order valence-electron chi connectivity index (χ4n) is 3.13. The van der Waals surface area contributed by atoms with Crippen molar-refractivity contribution in [1.82, 2.24) is 10.2 Å². The first-order valence-electron chi connectivity index (χ1n) is 9.94. The van der Waals surface area contributed by atoms with Crippen LogP contribution in [0.4, 0.5) is 8.78 Å². The molecule has 9 heteroatoms. The van der Waals surface area contributed by atoms with Gasteiger partial charge in [0.1, 0.15) is 5.75 Å². The molecule has 0 aromatic heterocycles. The molecule has 0 radical (unpaired) electrons. The maximum atomic E-state index is 12.6. The highest BCUT2D eigenvalue weighted by Crippen LogP contribution is 2.24. The number of unbranched alkanes of at least 4 members (excludes halogenated alkanes) is 1. The molecule has 0 aliphatic carbocycles. The van der Waals surface area contributed by atoms with E-state index < -0.39 is 18.6 Å². The number of carboxylic acid groups (broad SMARTS) is 2. The quantitative estimate of drug-likeness (QED) is 0.492. The fraction of sp³-hybridized carbons (Fsp3) is 0.524. The summed E-state index contributed by atoms with van der Waals surface area (Å²) in [6.07, 6.45) is 5.60.